The molecule has 32 heteroatoms. The van der Waals surface area contributed by atoms with Crippen molar-refractivity contribution in [2.45, 2.75) is 88.0 Å². The Hall–Kier alpha value is -8.22. The Kier molecular flexibility index (Phi) is 15.4. The number of hydrogen-bond donors (Lipinski definition) is 4. The smallest absolute Gasteiger partial charge is 0.382 e. The van der Waals surface area contributed by atoms with E-state index in [2.05, 4.69) is 51.0 Å². The molecule has 408 valence electrons. The minimum absolute atomic E-state index is 0.0272. The van der Waals surface area contributed by atoms with Gasteiger partial charge in [-0.15, -0.1) is 20.4 Å². The van der Waals surface area contributed by atoms with Crippen molar-refractivity contribution in [1.29, 1.82) is 0 Å². The Morgan fingerprint density at radius 3 is 1.28 bits per heavy atom. The van der Waals surface area contributed by atoms with Crippen LogP contribution in [0.1, 0.15) is 45.5 Å². The fourth-order valence-electron chi connectivity index (χ4n) is 7.45. The van der Waals surface area contributed by atoms with Gasteiger partial charge in [0, 0.05) is 46.4 Å². The molecule has 22 nitrogen and oxygen atoms in total. The number of carbonyl (C=O) groups is 2. The van der Waals surface area contributed by atoms with Gasteiger partial charge in [-0.1, -0.05) is 23.2 Å². The van der Waals surface area contributed by atoms with E-state index >= 15 is 0 Å². The van der Waals surface area contributed by atoms with Gasteiger partial charge in [0.2, 0.25) is 0 Å². The third kappa shape index (κ3) is 12.5. The summed E-state index contributed by atoms with van der Waals surface area (Å²) in [6, 6.07) is 16.8. The van der Waals surface area contributed by atoms with Gasteiger partial charge in [0.25, 0.3) is 11.8 Å². The Labute approximate surface area is 441 Å². The average molecular weight is 1130 g/mol. The molecule has 0 spiro atoms. The molecular weight excluding hydrogens is 1100 g/mol. The van der Waals surface area contributed by atoms with Crippen LogP contribution in [0, 0.1) is 0 Å². The van der Waals surface area contributed by atoms with Crippen LogP contribution >= 0.6 is 23.2 Å². The minimum atomic E-state index is -4.96. The second-order valence-electron chi connectivity index (χ2n) is 17.5. The summed E-state index contributed by atoms with van der Waals surface area (Å²) in [5.74, 6) is -1.37. The van der Waals surface area contributed by atoms with Gasteiger partial charge >= 0.3 is 23.7 Å². The molecule has 2 fully saturated rings. The minimum Gasteiger partial charge on any atom is -0.382 e. The molecule has 6 atom stereocenters. The standard InChI is InChI=1S/2C23H19ClF4N8O3/c2*24-13-5-3-12(4-6-13)20-33-35(22(39)34(20)9-17(37)23(26,27)28)10-18-30-11-36(32-18)16-2-1-7-29-19(16)21(38)31-15-8-14(15)25/h2*1-7,11,14-15,17,37H,8-10H2,(H,31,38)/t14-,15+,17+;14-,15+,17-/m10/s1. The van der Waals surface area contributed by atoms with Crippen molar-refractivity contribution in [3.8, 4) is 34.2 Å². The summed E-state index contributed by atoms with van der Waals surface area (Å²) in [4.78, 5) is 67.6. The van der Waals surface area contributed by atoms with Crippen LogP contribution < -0.4 is 22.0 Å². The van der Waals surface area contributed by atoms with Gasteiger partial charge in [-0.25, -0.2) is 57.0 Å². The zero-order valence-electron chi connectivity index (χ0n) is 39.5. The van der Waals surface area contributed by atoms with Crippen molar-refractivity contribution in [1.82, 2.24) is 78.8 Å². The van der Waals surface area contributed by atoms with E-state index in [1.54, 1.807) is 12.1 Å². The van der Waals surface area contributed by atoms with Crippen molar-refractivity contribution < 1.29 is 54.9 Å². The molecule has 0 aliphatic heterocycles. The maximum atomic E-state index is 13.2. The number of carbonyl (C=O) groups excluding carboxylic acids is 2. The lowest BCUT2D eigenvalue weighted by Gasteiger charge is -2.15. The maximum Gasteiger partial charge on any atom is 0.416 e. The summed E-state index contributed by atoms with van der Waals surface area (Å²) in [6.07, 6.45) is -12.0. The summed E-state index contributed by atoms with van der Waals surface area (Å²) in [5.41, 5.74) is -0.880. The molecule has 2 aliphatic rings. The molecule has 4 N–H and O–H groups in total. The number of aliphatic hydroxyl groups is 2. The summed E-state index contributed by atoms with van der Waals surface area (Å²) in [6.45, 7) is -2.85. The van der Waals surface area contributed by atoms with Crippen LogP contribution in [0.3, 0.4) is 0 Å². The molecule has 2 aliphatic carbocycles. The van der Waals surface area contributed by atoms with Gasteiger partial charge in [-0.3, -0.25) is 18.7 Å². The van der Waals surface area contributed by atoms with E-state index in [9.17, 15) is 64.5 Å². The highest BCUT2D eigenvalue weighted by Gasteiger charge is 2.42. The topological polar surface area (TPSA) is 266 Å². The second kappa shape index (κ2) is 22.0. The lowest BCUT2D eigenvalue weighted by atomic mass is 10.2. The van der Waals surface area contributed by atoms with E-state index in [-0.39, 0.29) is 72.0 Å². The summed E-state index contributed by atoms with van der Waals surface area (Å²) in [5, 5.41) is 41.9. The number of amides is 2. The number of pyridine rings is 2. The second-order valence-corrected chi connectivity index (χ2v) is 18.4. The molecule has 10 rings (SSSR count). The highest BCUT2D eigenvalue weighted by atomic mass is 35.5. The van der Waals surface area contributed by atoms with Gasteiger partial charge < -0.3 is 20.8 Å². The Balaban J connectivity index is 0.000000190. The van der Waals surface area contributed by atoms with Gasteiger partial charge in [0.1, 0.15) is 38.1 Å². The van der Waals surface area contributed by atoms with Crippen molar-refractivity contribution in [2.24, 2.45) is 0 Å². The molecule has 2 saturated carbocycles. The number of nitrogens with one attached hydrogen (secondary N) is 2. The molecular formula is C46H38Cl2F8N16O6. The third-order valence-corrected chi connectivity index (χ3v) is 12.2. The van der Waals surface area contributed by atoms with Gasteiger partial charge in [0.15, 0.2) is 46.9 Å². The van der Waals surface area contributed by atoms with Crippen molar-refractivity contribution in [2.75, 3.05) is 0 Å². The van der Waals surface area contributed by atoms with Crippen molar-refractivity contribution in [3.05, 3.63) is 152 Å². The van der Waals surface area contributed by atoms with Gasteiger partial charge in [-0.2, -0.15) is 26.3 Å². The summed E-state index contributed by atoms with van der Waals surface area (Å²) >= 11 is 11.8. The van der Waals surface area contributed by atoms with Gasteiger partial charge in [0.05, 0.1) is 36.5 Å². The number of benzene rings is 2. The van der Waals surface area contributed by atoms with Crippen LogP contribution in [0.15, 0.2) is 107 Å². The number of alkyl halides is 8. The molecule has 6 aromatic heterocycles. The van der Waals surface area contributed by atoms with Crippen LogP contribution in [0.25, 0.3) is 34.2 Å². The third-order valence-electron chi connectivity index (χ3n) is 11.7. The normalized spacial score (nSPS) is 17.7. The van der Waals surface area contributed by atoms with Gasteiger partial charge in [-0.05, 0) is 72.8 Å². The van der Waals surface area contributed by atoms with Crippen LogP contribution in [0.4, 0.5) is 35.1 Å². The number of hydrogen-bond acceptors (Lipinski definition) is 14. The molecule has 0 bridgehead atoms. The fourth-order valence-corrected chi connectivity index (χ4v) is 7.70. The predicted octanol–water partition coefficient (Wildman–Crippen LogP) is 4.31. The molecule has 6 heterocycles. The highest BCUT2D eigenvalue weighted by molar-refractivity contribution is 6.30. The zero-order chi connectivity index (χ0) is 55.8. The first-order valence-corrected chi connectivity index (χ1v) is 23.8. The molecule has 2 aromatic carbocycles. The molecule has 78 heavy (non-hydrogen) atoms. The van der Waals surface area contributed by atoms with E-state index < -0.39 is 85.3 Å². The van der Waals surface area contributed by atoms with Crippen molar-refractivity contribution >= 4 is 35.0 Å². The first-order valence-electron chi connectivity index (χ1n) is 23.0. The number of nitrogens with zero attached hydrogens (tertiary/aromatic N) is 14. The number of halogens is 10. The van der Waals surface area contributed by atoms with Crippen LogP contribution in [0.5, 0.6) is 0 Å². The molecule has 0 saturated heterocycles. The van der Waals surface area contributed by atoms with E-state index in [1.807, 2.05) is 0 Å². The lowest BCUT2D eigenvalue weighted by Crippen LogP contribution is -2.37. The first-order chi connectivity index (χ1) is 37.0. The Morgan fingerprint density at radius 1 is 0.590 bits per heavy atom. The number of aliphatic hydroxyl groups excluding tert-OH is 2. The monoisotopic (exact) mass is 1130 g/mol. The number of rotatable bonds is 16. The summed E-state index contributed by atoms with van der Waals surface area (Å²) in [7, 11) is 0. The number of aromatic nitrogens is 14. The molecule has 0 radical (unpaired) electrons. The van der Waals surface area contributed by atoms with Crippen LogP contribution in [-0.2, 0) is 26.2 Å². The molecule has 0 unspecified atom stereocenters. The first kappa shape index (κ1) is 54.6. The molecule has 2 amide bonds. The highest BCUT2D eigenvalue weighted by Crippen LogP contribution is 2.29. The maximum absolute atomic E-state index is 13.2. The lowest BCUT2D eigenvalue weighted by molar-refractivity contribution is -0.207. The Morgan fingerprint density at radius 2 is 0.949 bits per heavy atom. The van der Waals surface area contributed by atoms with Crippen LogP contribution in [-0.4, -0.2) is 139 Å². The Bertz CT molecular complexity index is 3370. The predicted molar refractivity (Wildman–Crippen MR) is 256 cm³/mol. The SMILES string of the molecule is O=C(N[C@@H]1C[C@@H]1F)c1ncccc1-n1cnc(Cn2nc(-c3ccc(Cl)cc3)n(C[C@H](O)C(F)(F)F)c2=O)n1.O=C(N[C@H]1C[C@H]1F)c1ncccc1-n1cnc(Cn2nc(-c3ccc(Cl)cc3)n(C[C@H](O)C(F)(F)F)c2=O)n1. The average Bonchev–Trinajstić information content (AvgIpc) is 3.93. The van der Waals surface area contributed by atoms with Crippen molar-refractivity contribution in [3.63, 3.8) is 0 Å². The quantitative estimate of drug-likeness (QED) is 0.0984. The van der Waals surface area contributed by atoms with E-state index in [4.69, 9.17) is 23.2 Å². The summed E-state index contributed by atoms with van der Waals surface area (Å²) < 4.78 is 110. The molecule has 8 aromatic rings. The largest absolute Gasteiger partial charge is 0.416 e. The van der Waals surface area contributed by atoms with E-state index in [0.717, 1.165) is 9.36 Å². The van der Waals surface area contributed by atoms with E-state index in [0.29, 0.717) is 30.3 Å². The van der Waals surface area contributed by atoms with Crippen LogP contribution in [0.2, 0.25) is 10.0 Å². The fraction of sp³-hybridized carbons (Fsp3) is 0.304. The zero-order valence-corrected chi connectivity index (χ0v) is 41.0. The van der Waals surface area contributed by atoms with E-state index in [1.165, 1.54) is 95.1 Å².